The van der Waals surface area contributed by atoms with Crippen molar-refractivity contribution in [1.29, 1.82) is 0 Å². The lowest BCUT2D eigenvalue weighted by Gasteiger charge is -2.09. The Balaban J connectivity index is 1.60. The van der Waals surface area contributed by atoms with Gasteiger partial charge in [-0.2, -0.15) is 9.78 Å². The van der Waals surface area contributed by atoms with Gasteiger partial charge in [-0.3, -0.25) is 9.59 Å². The molecule has 1 aliphatic rings. The minimum Gasteiger partial charge on any atom is -0.461 e. The summed E-state index contributed by atoms with van der Waals surface area (Å²) in [6.07, 6.45) is 2.03. The first-order valence-corrected chi connectivity index (χ1v) is 11.5. The van der Waals surface area contributed by atoms with E-state index in [0.29, 0.717) is 27.8 Å². The van der Waals surface area contributed by atoms with Crippen molar-refractivity contribution in [2.75, 3.05) is 11.9 Å². The molecule has 0 radical (unpaired) electrons. The van der Waals surface area contributed by atoms with Crippen molar-refractivity contribution >= 4 is 50.6 Å². The lowest BCUT2D eigenvalue weighted by molar-refractivity contribution is 0.0520. The van der Waals surface area contributed by atoms with Crippen molar-refractivity contribution in [3.05, 3.63) is 68.2 Å². The maximum absolute atomic E-state index is 13.4. The van der Waals surface area contributed by atoms with Crippen LogP contribution in [0.2, 0.25) is 5.02 Å². The lowest BCUT2D eigenvalue weighted by Crippen LogP contribution is -2.25. The van der Waals surface area contributed by atoms with Crippen LogP contribution in [-0.2, 0) is 4.74 Å². The third-order valence-electron chi connectivity index (χ3n) is 5.16. The molecule has 0 atom stereocenters. The normalized spacial score (nSPS) is 13.3. The summed E-state index contributed by atoms with van der Waals surface area (Å²) in [6.45, 7) is 1.82. The maximum atomic E-state index is 13.4. The minimum absolute atomic E-state index is 0.0318. The van der Waals surface area contributed by atoms with Crippen molar-refractivity contribution in [3.63, 3.8) is 0 Å². The Labute approximate surface area is 195 Å². The molecule has 0 spiro atoms. The standard InChI is InChI=1S/C22H17ClN4O5S/c1-2-31-22(30)18-14-10-33-20(24-19(28)15-9-16(32-26-15)11-3-4-11)17(14)21(29)27(25-18)13-7-5-12(23)6-8-13/h5-11H,2-4H2,1H3,(H,24,28). The van der Waals surface area contributed by atoms with Gasteiger partial charge in [0.15, 0.2) is 11.4 Å². The van der Waals surface area contributed by atoms with E-state index in [-0.39, 0.29) is 28.4 Å². The van der Waals surface area contributed by atoms with Crippen LogP contribution in [0.3, 0.4) is 0 Å². The van der Waals surface area contributed by atoms with Gasteiger partial charge in [-0.25, -0.2) is 4.79 Å². The highest BCUT2D eigenvalue weighted by molar-refractivity contribution is 7.16. The summed E-state index contributed by atoms with van der Waals surface area (Å²) < 4.78 is 11.5. The molecule has 1 N–H and O–H groups in total. The molecule has 1 saturated carbocycles. The van der Waals surface area contributed by atoms with Gasteiger partial charge in [0.2, 0.25) is 0 Å². The SMILES string of the molecule is CCOC(=O)c1nn(-c2ccc(Cl)cc2)c(=O)c2c(NC(=O)c3cc(C4CC4)on3)scc12. The van der Waals surface area contributed by atoms with Crippen LogP contribution in [0.1, 0.15) is 52.4 Å². The van der Waals surface area contributed by atoms with Gasteiger partial charge in [0.05, 0.1) is 17.7 Å². The smallest absolute Gasteiger partial charge is 0.359 e. The van der Waals surface area contributed by atoms with E-state index in [4.69, 9.17) is 20.9 Å². The molecule has 168 valence electrons. The molecule has 5 rings (SSSR count). The number of nitrogens with one attached hydrogen (secondary N) is 1. The van der Waals surface area contributed by atoms with Crippen LogP contribution in [-0.4, -0.2) is 33.4 Å². The van der Waals surface area contributed by atoms with Crippen LogP contribution < -0.4 is 10.9 Å². The van der Waals surface area contributed by atoms with Gasteiger partial charge in [0.25, 0.3) is 11.5 Å². The fourth-order valence-electron chi connectivity index (χ4n) is 3.37. The molecule has 1 amide bonds. The molecule has 0 unspecified atom stereocenters. The topological polar surface area (TPSA) is 116 Å². The molecular formula is C22H17ClN4O5S. The van der Waals surface area contributed by atoms with Crippen molar-refractivity contribution < 1.29 is 18.8 Å². The van der Waals surface area contributed by atoms with Crippen LogP contribution in [0.5, 0.6) is 0 Å². The average Bonchev–Trinajstić information content (AvgIpc) is 3.37. The monoisotopic (exact) mass is 484 g/mol. The number of carbonyl (C=O) groups excluding carboxylic acids is 2. The van der Waals surface area contributed by atoms with Crippen molar-refractivity contribution in [1.82, 2.24) is 14.9 Å². The van der Waals surface area contributed by atoms with E-state index in [2.05, 4.69) is 15.6 Å². The molecule has 1 fully saturated rings. The number of rotatable bonds is 6. The summed E-state index contributed by atoms with van der Waals surface area (Å²) in [6, 6.07) is 8.05. The molecule has 0 bridgehead atoms. The largest absolute Gasteiger partial charge is 0.461 e. The number of nitrogens with zero attached hydrogens (tertiary/aromatic N) is 3. The molecule has 33 heavy (non-hydrogen) atoms. The van der Waals surface area contributed by atoms with Gasteiger partial charge in [0.1, 0.15) is 10.8 Å². The minimum atomic E-state index is -0.675. The summed E-state index contributed by atoms with van der Waals surface area (Å²) in [4.78, 5) is 38.8. The maximum Gasteiger partial charge on any atom is 0.359 e. The molecule has 9 nitrogen and oxygen atoms in total. The summed E-state index contributed by atoms with van der Waals surface area (Å²) in [5.74, 6) is -0.200. The Morgan fingerprint density at radius 2 is 2.06 bits per heavy atom. The van der Waals surface area contributed by atoms with E-state index in [9.17, 15) is 14.4 Å². The van der Waals surface area contributed by atoms with Gasteiger partial charge >= 0.3 is 5.97 Å². The first-order valence-electron chi connectivity index (χ1n) is 10.2. The number of ether oxygens (including phenoxy) is 1. The van der Waals surface area contributed by atoms with Crippen LogP contribution in [0.4, 0.5) is 5.00 Å². The van der Waals surface area contributed by atoms with Crippen LogP contribution in [0.25, 0.3) is 16.5 Å². The number of anilines is 1. The molecule has 1 aromatic carbocycles. The van der Waals surface area contributed by atoms with Gasteiger partial charge in [-0.05, 0) is 44.0 Å². The van der Waals surface area contributed by atoms with E-state index >= 15 is 0 Å². The van der Waals surface area contributed by atoms with Crippen molar-refractivity contribution in [3.8, 4) is 5.69 Å². The zero-order valence-corrected chi connectivity index (χ0v) is 18.9. The number of hydrogen-bond donors (Lipinski definition) is 1. The van der Waals surface area contributed by atoms with E-state index in [0.717, 1.165) is 28.9 Å². The number of esters is 1. The second-order valence-electron chi connectivity index (χ2n) is 7.46. The number of fused-ring (bicyclic) bond motifs is 1. The number of benzene rings is 1. The van der Waals surface area contributed by atoms with Gasteiger partial charge < -0.3 is 14.6 Å². The number of aromatic nitrogens is 3. The lowest BCUT2D eigenvalue weighted by atomic mass is 10.2. The second kappa shape index (κ2) is 8.45. The molecule has 4 aromatic rings. The third kappa shape index (κ3) is 4.03. The number of carbonyl (C=O) groups is 2. The summed E-state index contributed by atoms with van der Waals surface area (Å²) in [5.41, 5.74) is -0.00611. The highest BCUT2D eigenvalue weighted by Crippen LogP contribution is 2.40. The zero-order chi connectivity index (χ0) is 23.1. The van der Waals surface area contributed by atoms with Crippen molar-refractivity contribution in [2.45, 2.75) is 25.7 Å². The number of halogens is 1. The highest BCUT2D eigenvalue weighted by Gasteiger charge is 2.29. The Hall–Kier alpha value is -3.50. The molecular weight excluding hydrogens is 468 g/mol. The summed E-state index contributed by atoms with van der Waals surface area (Å²) in [5, 5.41) is 13.6. The highest BCUT2D eigenvalue weighted by atomic mass is 35.5. The van der Waals surface area contributed by atoms with Crippen LogP contribution >= 0.6 is 22.9 Å². The number of hydrogen-bond acceptors (Lipinski definition) is 8. The summed E-state index contributed by atoms with van der Waals surface area (Å²) in [7, 11) is 0. The Morgan fingerprint density at radius 1 is 1.30 bits per heavy atom. The predicted molar refractivity (Wildman–Crippen MR) is 123 cm³/mol. The molecule has 3 heterocycles. The predicted octanol–water partition coefficient (Wildman–Crippen LogP) is 4.40. The first kappa shape index (κ1) is 21.4. The van der Waals surface area contributed by atoms with Gasteiger partial charge in [0, 0.05) is 27.8 Å². The summed E-state index contributed by atoms with van der Waals surface area (Å²) >= 11 is 7.07. The van der Waals surface area contributed by atoms with E-state index < -0.39 is 17.4 Å². The number of amides is 1. The molecule has 1 aliphatic carbocycles. The second-order valence-corrected chi connectivity index (χ2v) is 8.77. The average molecular weight is 485 g/mol. The molecule has 11 heteroatoms. The van der Waals surface area contributed by atoms with E-state index in [1.165, 1.54) is 0 Å². The van der Waals surface area contributed by atoms with Crippen molar-refractivity contribution in [2.24, 2.45) is 0 Å². The quantitative estimate of drug-likeness (QED) is 0.403. The fraction of sp³-hybridized carbons (Fsp3) is 0.227. The third-order valence-corrected chi connectivity index (χ3v) is 6.31. The van der Waals surface area contributed by atoms with E-state index in [1.54, 1.807) is 42.6 Å². The molecule has 3 aromatic heterocycles. The van der Waals surface area contributed by atoms with Crippen LogP contribution in [0, 0.1) is 0 Å². The fourth-order valence-corrected chi connectivity index (χ4v) is 4.43. The molecule has 0 saturated heterocycles. The van der Waals surface area contributed by atoms with E-state index in [1.807, 2.05) is 0 Å². The van der Waals surface area contributed by atoms with Gasteiger partial charge in [-0.1, -0.05) is 16.8 Å². The van der Waals surface area contributed by atoms with Gasteiger partial charge in [-0.15, -0.1) is 11.3 Å². The Kier molecular flexibility index (Phi) is 5.47. The first-order chi connectivity index (χ1) is 16.0. The van der Waals surface area contributed by atoms with Crippen LogP contribution in [0.15, 0.2) is 45.0 Å². The number of thiophene rings is 1. The zero-order valence-electron chi connectivity index (χ0n) is 17.3. The Bertz CT molecular complexity index is 1440. The Morgan fingerprint density at radius 3 is 2.76 bits per heavy atom. The molecule has 0 aliphatic heterocycles.